The molecule has 1 saturated carbocycles. The van der Waals surface area contributed by atoms with Gasteiger partial charge in [-0.25, -0.2) is 13.2 Å². The van der Waals surface area contributed by atoms with E-state index >= 15 is 0 Å². The molecule has 0 bridgehead atoms. The van der Waals surface area contributed by atoms with Gasteiger partial charge in [-0.3, -0.25) is 9.69 Å². The highest BCUT2D eigenvalue weighted by Gasteiger charge is 2.47. The summed E-state index contributed by atoms with van der Waals surface area (Å²) < 4.78 is 23.8. The highest BCUT2D eigenvalue weighted by Crippen LogP contribution is 2.49. The highest BCUT2D eigenvalue weighted by atomic mass is 35.5. The largest absolute Gasteiger partial charge is 0.360 e. The standard InChI is InChI=1S/C27H29ClN4O4S/c1-37(35,36)16-27(10-11-27)18-5-7-19(8-6-18)32-15-24-22(3-2-12-31(24)26(32)34)30-25(33)17-4-9-20-21(28)14-29-23(20)13-17/h4-9,13-14,22,24,29H,2-3,10-12,15-16H2,1H3,(H,30,33)/t22-,24+/m0/s1. The molecule has 37 heavy (non-hydrogen) atoms. The first kappa shape index (κ1) is 24.3. The number of urea groups is 1. The van der Waals surface area contributed by atoms with Gasteiger partial charge in [-0.1, -0.05) is 29.8 Å². The van der Waals surface area contributed by atoms with Gasteiger partial charge in [0.2, 0.25) is 0 Å². The Labute approximate surface area is 220 Å². The lowest BCUT2D eigenvalue weighted by Crippen LogP contribution is -2.54. The van der Waals surface area contributed by atoms with Crippen LogP contribution in [0.25, 0.3) is 10.9 Å². The van der Waals surface area contributed by atoms with Crippen molar-refractivity contribution < 1.29 is 18.0 Å². The predicted octanol–water partition coefficient (Wildman–Crippen LogP) is 4.10. The number of nitrogens with one attached hydrogen (secondary N) is 2. The number of amides is 3. The zero-order chi connectivity index (χ0) is 25.9. The van der Waals surface area contributed by atoms with Crippen molar-refractivity contribution in [2.75, 3.05) is 30.0 Å². The van der Waals surface area contributed by atoms with E-state index in [1.165, 1.54) is 6.26 Å². The van der Waals surface area contributed by atoms with Crippen LogP contribution in [0.1, 0.15) is 41.6 Å². The second-order valence-corrected chi connectivity index (χ2v) is 13.2. The zero-order valence-electron chi connectivity index (χ0n) is 20.5. The minimum Gasteiger partial charge on any atom is -0.360 e. The van der Waals surface area contributed by atoms with Crippen LogP contribution in [0.5, 0.6) is 0 Å². The maximum atomic E-state index is 13.3. The fourth-order valence-corrected chi connectivity index (χ4v) is 7.65. The Hall–Kier alpha value is -3.04. The first-order valence-corrected chi connectivity index (χ1v) is 15.0. The van der Waals surface area contributed by atoms with Gasteiger partial charge in [0.25, 0.3) is 5.91 Å². The third kappa shape index (κ3) is 4.48. The van der Waals surface area contributed by atoms with Crippen molar-refractivity contribution in [1.29, 1.82) is 0 Å². The van der Waals surface area contributed by atoms with Crippen LogP contribution in [-0.4, -0.2) is 67.4 Å². The number of fused-ring (bicyclic) bond motifs is 2. The second kappa shape index (κ2) is 8.77. The summed E-state index contributed by atoms with van der Waals surface area (Å²) in [5.74, 6) is -0.0152. The van der Waals surface area contributed by atoms with Crippen molar-refractivity contribution in [3.8, 4) is 0 Å². The van der Waals surface area contributed by atoms with Crippen LogP contribution in [0.2, 0.25) is 5.02 Å². The number of hydrogen-bond donors (Lipinski definition) is 2. The number of aromatic amines is 1. The normalized spacial score (nSPS) is 22.8. The highest BCUT2D eigenvalue weighted by molar-refractivity contribution is 7.90. The smallest absolute Gasteiger partial charge is 0.324 e. The molecule has 3 amide bonds. The molecule has 2 atom stereocenters. The van der Waals surface area contributed by atoms with Crippen molar-refractivity contribution in [2.45, 2.75) is 43.2 Å². The summed E-state index contributed by atoms with van der Waals surface area (Å²) in [4.78, 5) is 33.1. The van der Waals surface area contributed by atoms with Gasteiger partial charge in [0.05, 0.1) is 29.4 Å². The van der Waals surface area contributed by atoms with Crippen LogP contribution in [0.4, 0.5) is 10.5 Å². The molecule has 2 saturated heterocycles. The Kier molecular flexibility index (Phi) is 5.76. The fourth-order valence-electron chi connectivity index (χ4n) is 5.97. The summed E-state index contributed by atoms with van der Waals surface area (Å²) in [6.07, 6.45) is 6.33. The van der Waals surface area contributed by atoms with Crippen LogP contribution in [0.15, 0.2) is 48.7 Å². The Morgan fingerprint density at radius 2 is 1.95 bits per heavy atom. The first-order chi connectivity index (χ1) is 17.6. The molecule has 0 radical (unpaired) electrons. The number of aromatic nitrogens is 1. The van der Waals surface area contributed by atoms with E-state index in [2.05, 4.69) is 10.3 Å². The third-order valence-electron chi connectivity index (χ3n) is 8.02. The summed E-state index contributed by atoms with van der Waals surface area (Å²) >= 11 is 6.16. The molecule has 0 unspecified atom stereocenters. The monoisotopic (exact) mass is 540 g/mol. The lowest BCUT2D eigenvalue weighted by atomic mass is 9.96. The Morgan fingerprint density at radius 3 is 2.65 bits per heavy atom. The molecule has 194 valence electrons. The third-order valence-corrected chi connectivity index (χ3v) is 9.41. The van der Waals surface area contributed by atoms with E-state index in [0.29, 0.717) is 23.7 Å². The summed E-state index contributed by atoms with van der Waals surface area (Å²) in [5, 5.41) is 4.65. The number of carbonyl (C=O) groups is 2. The Morgan fingerprint density at radius 1 is 1.19 bits per heavy atom. The van der Waals surface area contributed by atoms with Gasteiger partial charge in [-0.15, -0.1) is 0 Å². The maximum Gasteiger partial charge on any atom is 0.324 e. The Bertz CT molecular complexity index is 1500. The zero-order valence-corrected chi connectivity index (χ0v) is 22.1. The number of sulfone groups is 1. The molecule has 1 aliphatic carbocycles. The average molecular weight is 541 g/mol. The number of piperidine rings is 1. The van der Waals surface area contributed by atoms with Gasteiger partial charge in [0, 0.05) is 46.6 Å². The van der Waals surface area contributed by atoms with Crippen LogP contribution in [-0.2, 0) is 15.3 Å². The fraction of sp³-hybridized carbons (Fsp3) is 0.407. The quantitative estimate of drug-likeness (QED) is 0.491. The molecule has 3 aromatic rings. The number of halogens is 1. The number of H-pyrrole nitrogens is 1. The van der Waals surface area contributed by atoms with Gasteiger partial charge in [0.1, 0.15) is 9.84 Å². The summed E-state index contributed by atoms with van der Waals surface area (Å²) in [7, 11) is -3.08. The van der Waals surface area contributed by atoms with E-state index in [1.54, 1.807) is 23.2 Å². The number of rotatable bonds is 6. The molecule has 3 heterocycles. The van der Waals surface area contributed by atoms with E-state index in [0.717, 1.165) is 47.8 Å². The number of carbonyl (C=O) groups excluding carboxylic acids is 2. The molecular weight excluding hydrogens is 512 g/mol. The molecule has 2 N–H and O–H groups in total. The van der Waals surface area contributed by atoms with Crippen molar-refractivity contribution in [1.82, 2.24) is 15.2 Å². The summed E-state index contributed by atoms with van der Waals surface area (Å²) in [6, 6.07) is 12.8. The molecule has 2 aliphatic heterocycles. The number of anilines is 1. The molecule has 3 fully saturated rings. The van der Waals surface area contributed by atoms with Gasteiger partial charge in [-0.05, 0) is 55.5 Å². The summed E-state index contributed by atoms with van der Waals surface area (Å²) in [5.41, 5.74) is 2.86. The first-order valence-electron chi connectivity index (χ1n) is 12.6. The number of benzene rings is 2. The molecule has 0 spiro atoms. The SMILES string of the molecule is CS(=O)(=O)CC1(c2ccc(N3C[C@@H]4[C@@H](NC(=O)c5ccc6c(Cl)c[nH]c6c5)CCCN4C3=O)cc2)CC1. The van der Waals surface area contributed by atoms with Crippen LogP contribution < -0.4 is 10.2 Å². The lowest BCUT2D eigenvalue weighted by Gasteiger charge is -2.35. The van der Waals surface area contributed by atoms with Crippen LogP contribution in [0.3, 0.4) is 0 Å². The van der Waals surface area contributed by atoms with E-state index in [4.69, 9.17) is 11.6 Å². The minimum absolute atomic E-state index is 0.0589. The van der Waals surface area contributed by atoms with Crippen molar-refractivity contribution in [3.05, 3.63) is 64.8 Å². The lowest BCUT2D eigenvalue weighted by molar-refractivity contribution is 0.0887. The van der Waals surface area contributed by atoms with Gasteiger partial charge in [0.15, 0.2) is 0 Å². The van der Waals surface area contributed by atoms with Crippen LogP contribution >= 0.6 is 11.6 Å². The van der Waals surface area contributed by atoms with Crippen molar-refractivity contribution in [3.63, 3.8) is 0 Å². The average Bonchev–Trinajstić information content (AvgIpc) is 3.42. The van der Waals surface area contributed by atoms with Crippen molar-refractivity contribution in [2.24, 2.45) is 0 Å². The Balaban J connectivity index is 1.17. The van der Waals surface area contributed by atoms with Crippen molar-refractivity contribution >= 4 is 50.0 Å². The summed E-state index contributed by atoms with van der Waals surface area (Å²) in [6.45, 7) is 1.15. The van der Waals surface area contributed by atoms with E-state index in [-0.39, 0.29) is 35.2 Å². The van der Waals surface area contributed by atoms with Gasteiger partial charge < -0.3 is 15.2 Å². The van der Waals surface area contributed by atoms with E-state index in [9.17, 15) is 18.0 Å². The second-order valence-electron chi connectivity index (χ2n) is 10.7. The molecular formula is C27H29ClN4O4S. The van der Waals surface area contributed by atoms with Gasteiger partial charge >= 0.3 is 6.03 Å². The predicted molar refractivity (Wildman–Crippen MR) is 144 cm³/mol. The molecule has 1 aromatic heterocycles. The van der Waals surface area contributed by atoms with E-state index in [1.807, 2.05) is 35.2 Å². The molecule has 2 aromatic carbocycles. The van der Waals surface area contributed by atoms with Crippen LogP contribution in [0, 0.1) is 0 Å². The molecule has 8 nitrogen and oxygen atoms in total. The molecule has 3 aliphatic rings. The molecule has 6 rings (SSSR count). The molecule has 10 heteroatoms. The number of hydrogen-bond acceptors (Lipinski definition) is 4. The van der Waals surface area contributed by atoms with E-state index < -0.39 is 9.84 Å². The number of nitrogens with zero attached hydrogens (tertiary/aromatic N) is 2. The topological polar surface area (TPSA) is 103 Å². The minimum atomic E-state index is -3.08. The van der Waals surface area contributed by atoms with Gasteiger partial charge in [-0.2, -0.15) is 0 Å². The maximum absolute atomic E-state index is 13.3.